The van der Waals surface area contributed by atoms with E-state index in [1.807, 2.05) is 36.7 Å². The highest BCUT2D eigenvalue weighted by Gasteiger charge is 2.19. The molecule has 1 aromatic heterocycles. The number of likely N-dealkylation sites (N-methyl/N-ethyl adjacent to an activating group) is 1. The molecule has 1 amide bonds. The molecular weight excluding hydrogens is 406 g/mol. The van der Waals surface area contributed by atoms with Crippen molar-refractivity contribution in [1.82, 2.24) is 14.7 Å². The number of aryl methyl sites for hydroxylation is 2. The van der Waals surface area contributed by atoms with E-state index in [1.165, 1.54) is 14.0 Å². The molecule has 0 unspecified atom stereocenters. The third-order valence-corrected chi connectivity index (χ3v) is 5.53. The van der Waals surface area contributed by atoms with Crippen LogP contribution in [0.3, 0.4) is 0 Å². The summed E-state index contributed by atoms with van der Waals surface area (Å²) in [4.78, 5) is 25.9. The highest BCUT2D eigenvalue weighted by atomic mass is 16.5. The molecule has 3 rings (SSSR count). The number of hydrogen-bond acceptors (Lipinski definition) is 5. The summed E-state index contributed by atoms with van der Waals surface area (Å²) in [6.07, 6.45) is 0. The van der Waals surface area contributed by atoms with Gasteiger partial charge in [-0.1, -0.05) is 18.2 Å². The largest absolute Gasteiger partial charge is 0.493 e. The van der Waals surface area contributed by atoms with Gasteiger partial charge in [-0.05, 0) is 57.5 Å². The lowest BCUT2D eigenvalue weighted by Gasteiger charge is -2.19. The summed E-state index contributed by atoms with van der Waals surface area (Å²) in [7, 11) is 3.24. The van der Waals surface area contributed by atoms with E-state index in [2.05, 4.69) is 13.0 Å². The lowest BCUT2D eigenvalue weighted by atomic mass is 10.1. The van der Waals surface area contributed by atoms with Crippen LogP contribution in [0, 0.1) is 20.8 Å². The fourth-order valence-electron chi connectivity index (χ4n) is 3.52. The molecule has 0 saturated carbocycles. The number of ketones is 1. The molecule has 1 heterocycles. The first-order valence-electron chi connectivity index (χ1n) is 10.4. The predicted molar refractivity (Wildman–Crippen MR) is 123 cm³/mol. The normalized spacial score (nSPS) is 10.7. The molecule has 7 nitrogen and oxygen atoms in total. The molecule has 0 aliphatic rings. The Morgan fingerprint density at radius 1 is 1.06 bits per heavy atom. The van der Waals surface area contributed by atoms with Gasteiger partial charge in [-0.15, -0.1) is 0 Å². The molecule has 0 aliphatic heterocycles. The Labute approximate surface area is 188 Å². The number of rotatable bonds is 8. The summed E-state index contributed by atoms with van der Waals surface area (Å²) in [5.41, 5.74) is 5.57. The number of aromatic nitrogens is 2. The van der Waals surface area contributed by atoms with E-state index < -0.39 is 0 Å². The second kappa shape index (κ2) is 9.68. The maximum absolute atomic E-state index is 12.7. The van der Waals surface area contributed by atoms with Crippen molar-refractivity contribution >= 4 is 11.7 Å². The first kappa shape index (κ1) is 23.1. The Morgan fingerprint density at radius 3 is 2.44 bits per heavy atom. The van der Waals surface area contributed by atoms with Gasteiger partial charge in [0.25, 0.3) is 5.91 Å². The molecule has 0 fully saturated rings. The topological polar surface area (TPSA) is 73.7 Å². The van der Waals surface area contributed by atoms with Crippen molar-refractivity contribution in [3.05, 3.63) is 70.5 Å². The molecule has 0 aliphatic carbocycles. The van der Waals surface area contributed by atoms with Gasteiger partial charge in [-0.3, -0.25) is 9.59 Å². The lowest BCUT2D eigenvalue weighted by Crippen LogP contribution is -2.31. The van der Waals surface area contributed by atoms with E-state index in [0.717, 1.165) is 28.2 Å². The molecule has 0 radical (unpaired) electrons. The molecule has 168 valence electrons. The van der Waals surface area contributed by atoms with Gasteiger partial charge in [0.15, 0.2) is 23.9 Å². The van der Waals surface area contributed by atoms with E-state index in [1.54, 1.807) is 30.1 Å². The summed E-state index contributed by atoms with van der Waals surface area (Å²) in [5, 5.41) is 4.70. The van der Waals surface area contributed by atoms with E-state index in [9.17, 15) is 9.59 Å². The smallest absolute Gasteiger partial charge is 0.260 e. The van der Waals surface area contributed by atoms with Gasteiger partial charge in [0, 0.05) is 30.4 Å². The van der Waals surface area contributed by atoms with Crippen molar-refractivity contribution in [3.8, 4) is 17.2 Å². The minimum Gasteiger partial charge on any atom is -0.493 e. The van der Waals surface area contributed by atoms with Crippen molar-refractivity contribution in [3.63, 3.8) is 0 Å². The van der Waals surface area contributed by atoms with Gasteiger partial charge in [0.1, 0.15) is 0 Å². The fourth-order valence-corrected chi connectivity index (χ4v) is 3.52. The summed E-state index contributed by atoms with van der Waals surface area (Å²) in [6, 6.07) is 13.0. The van der Waals surface area contributed by atoms with Crippen molar-refractivity contribution in [2.75, 3.05) is 20.8 Å². The number of methoxy groups -OCH3 is 1. The SMILES string of the molecule is COc1cc(C(C)=O)ccc1OCC(=O)N(C)Cc1c(C)nn(-c2ccccc2C)c1C. The van der Waals surface area contributed by atoms with Crippen LogP contribution in [0.2, 0.25) is 0 Å². The van der Waals surface area contributed by atoms with Crippen molar-refractivity contribution in [1.29, 1.82) is 0 Å². The van der Waals surface area contributed by atoms with Gasteiger partial charge < -0.3 is 14.4 Å². The average molecular weight is 436 g/mol. The molecule has 0 spiro atoms. The number of Topliss-reactive ketones (excluding diaryl/α,β-unsaturated/α-hetero) is 1. The zero-order valence-corrected chi connectivity index (χ0v) is 19.4. The van der Waals surface area contributed by atoms with Crippen LogP contribution in [0.1, 0.15) is 39.8 Å². The molecule has 32 heavy (non-hydrogen) atoms. The molecule has 3 aromatic rings. The second-order valence-electron chi connectivity index (χ2n) is 7.81. The van der Waals surface area contributed by atoms with Gasteiger partial charge >= 0.3 is 0 Å². The highest BCUT2D eigenvalue weighted by Crippen LogP contribution is 2.28. The zero-order valence-electron chi connectivity index (χ0n) is 19.4. The monoisotopic (exact) mass is 435 g/mol. The Kier molecular flexibility index (Phi) is 6.98. The molecule has 7 heteroatoms. The molecular formula is C25H29N3O4. The summed E-state index contributed by atoms with van der Waals surface area (Å²) in [6.45, 7) is 7.78. The van der Waals surface area contributed by atoms with Gasteiger partial charge in [-0.25, -0.2) is 4.68 Å². The standard InChI is InChI=1S/C25H29N3O4/c1-16-9-7-8-10-22(16)28-18(3)21(17(2)26-28)14-27(5)25(30)15-32-23-12-11-20(19(4)29)13-24(23)31-6/h7-13H,14-15H2,1-6H3. The van der Waals surface area contributed by atoms with Crippen molar-refractivity contribution in [2.24, 2.45) is 0 Å². The zero-order chi connectivity index (χ0) is 23.4. The summed E-state index contributed by atoms with van der Waals surface area (Å²) in [5.74, 6) is 0.589. The third-order valence-electron chi connectivity index (χ3n) is 5.53. The average Bonchev–Trinajstić information content (AvgIpc) is 3.05. The minimum atomic E-state index is -0.176. The second-order valence-corrected chi connectivity index (χ2v) is 7.81. The van der Waals surface area contributed by atoms with Crippen LogP contribution in [0.25, 0.3) is 5.69 Å². The van der Waals surface area contributed by atoms with Crippen LogP contribution < -0.4 is 9.47 Å². The molecule has 0 N–H and O–H groups in total. The molecule has 0 bridgehead atoms. The Hall–Kier alpha value is -3.61. The predicted octanol–water partition coefficient (Wildman–Crippen LogP) is 4.05. The maximum atomic E-state index is 12.7. The number of amides is 1. The number of carbonyl (C=O) groups excluding carboxylic acids is 2. The van der Waals surface area contributed by atoms with Crippen LogP contribution in [0.4, 0.5) is 0 Å². The first-order chi connectivity index (χ1) is 15.2. The van der Waals surface area contributed by atoms with E-state index >= 15 is 0 Å². The Bertz CT molecular complexity index is 1150. The third kappa shape index (κ3) is 4.82. The fraction of sp³-hybridized carbons (Fsp3) is 0.320. The van der Waals surface area contributed by atoms with Gasteiger partial charge in [0.2, 0.25) is 0 Å². The summed E-state index contributed by atoms with van der Waals surface area (Å²) < 4.78 is 12.9. The van der Waals surface area contributed by atoms with E-state index in [0.29, 0.717) is 23.6 Å². The van der Waals surface area contributed by atoms with E-state index in [-0.39, 0.29) is 18.3 Å². The highest BCUT2D eigenvalue weighted by molar-refractivity contribution is 5.94. The van der Waals surface area contributed by atoms with Gasteiger partial charge in [0.05, 0.1) is 18.5 Å². The number of hydrogen-bond donors (Lipinski definition) is 0. The Morgan fingerprint density at radius 2 is 1.78 bits per heavy atom. The number of para-hydroxylation sites is 1. The van der Waals surface area contributed by atoms with Crippen LogP contribution in [0.15, 0.2) is 42.5 Å². The van der Waals surface area contributed by atoms with E-state index in [4.69, 9.17) is 14.6 Å². The van der Waals surface area contributed by atoms with Crippen LogP contribution >= 0.6 is 0 Å². The minimum absolute atomic E-state index is 0.0670. The van der Waals surface area contributed by atoms with Crippen molar-refractivity contribution < 1.29 is 19.1 Å². The van der Waals surface area contributed by atoms with Crippen LogP contribution in [0.5, 0.6) is 11.5 Å². The summed E-state index contributed by atoms with van der Waals surface area (Å²) >= 11 is 0. The number of carbonyl (C=O) groups is 2. The lowest BCUT2D eigenvalue weighted by molar-refractivity contribution is -0.132. The number of ether oxygens (including phenoxy) is 2. The number of nitrogens with zero attached hydrogens (tertiary/aromatic N) is 3. The number of benzene rings is 2. The van der Waals surface area contributed by atoms with Crippen molar-refractivity contribution in [2.45, 2.75) is 34.2 Å². The molecule has 0 atom stereocenters. The maximum Gasteiger partial charge on any atom is 0.260 e. The Balaban J connectivity index is 1.71. The van der Waals surface area contributed by atoms with Gasteiger partial charge in [-0.2, -0.15) is 5.10 Å². The van der Waals surface area contributed by atoms with Crippen LogP contribution in [-0.4, -0.2) is 47.1 Å². The first-order valence-corrected chi connectivity index (χ1v) is 10.4. The molecule has 0 saturated heterocycles. The van der Waals surface area contributed by atoms with Crippen LogP contribution in [-0.2, 0) is 11.3 Å². The quantitative estimate of drug-likeness (QED) is 0.499. The molecule has 2 aromatic carbocycles.